The van der Waals surface area contributed by atoms with E-state index < -0.39 is 52.3 Å². The van der Waals surface area contributed by atoms with Crippen LogP contribution in [0.2, 0.25) is 0 Å². The molecule has 0 amide bonds. The molecule has 28 nitrogen and oxygen atoms in total. The normalized spacial score (nSPS) is 12.0. The number of aldehydes is 1. The van der Waals surface area contributed by atoms with E-state index in [0.29, 0.717) is 88.1 Å². The van der Waals surface area contributed by atoms with E-state index in [1.54, 1.807) is 85.6 Å². The average molecular weight is 2070 g/mol. The molecule has 4 aromatic heterocycles. The maximum Gasteiger partial charge on any atom is 0.000496 e. The van der Waals surface area contributed by atoms with Gasteiger partial charge in [-0.05, 0) is 281 Å². The molecule has 5 N–H and O–H groups in total. The summed E-state index contributed by atoms with van der Waals surface area (Å²) in [6, 6.07) is 31.3. The first kappa shape index (κ1) is 110. The molecule has 0 saturated carbocycles. The van der Waals surface area contributed by atoms with Crippen LogP contribution in [0.3, 0.4) is 0 Å². The van der Waals surface area contributed by atoms with E-state index in [4.69, 9.17) is 102 Å². The number of aromatic carboxylic acids is 1. The van der Waals surface area contributed by atoms with Gasteiger partial charge in [0.1, 0.15) is 93.5 Å². The van der Waals surface area contributed by atoms with Crippen LogP contribution < -0.4 is 47.4 Å². The number of rotatable bonds is 21. The van der Waals surface area contributed by atoms with Gasteiger partial charge in [0, 0.05) is 63.6 Å². The summed E-state index contributed by atoms with van der Waals surface area (Å²) in [5.41, 5.74) is 5.18. The predicted molar refractivity (Wildman–Crippen MR) is 512 cm³/mol. The number of ether oxygens (including phenoxy) is 15. The number of carbonyl (C=O) groups excluding carboxylic acids is 5. The average Bonchev–Trinajstić information content (AvgIpc) is 1.50. The number of nitrogens with one attached hydrogen (secondary N) is 4. The SMILES string of the molecule is C.C1CCOC1.COc1cc(C(=O)O)cc(OC)c1Br.COc1cc(C(=O)OC(C)(C)C)cc(OC)c1/C(=C1\C=CC(Br)=N1)c1ccc(Br)[nH]1.COc1cc(C(=O)OC(C)(C)C)cc(OC)c1Br.COc1cc(C(=O)OC(C)(C)C)cc(OC)c1C(c1ccc[nH]1)c1ccc[nH]1.COc1cc(C(=O)OC(C)(C)C)cc(OC)c1C=O.ClCCl.[2H][2H].[B]=NS.c1cc[nH]c1. The largest absolute Gasteiger partial charge is 0.368 e. The Hall–Kier alpha value is -9.94. The summed E-state index contributed by atoms with van der Waals surface area (Å²) in [5, 5.41) is 8.98. The Kier molecular flexibility index (Phi) is 48.7. The molecule has 6 heterocycles. The van der Waals surface area contributed by atoms with Crippen molar-refractivity contribution in [2.45, 2.75) is 132 Å². The second-order valence-corrected chi connectivity index (χ2v) is 33.8. The number of allylic oxidation sites excluding steroid dienone is 2. The second-order valence-electron chi connectivity index (χ2n) is 29.5. The Morgan fingerprint density at radius 1 is 0.516 bits per heavy atom. The first-order valence-electron chi connectivity index (χ1n) is 38.8. The molecular formula is C90H114BBr4Cl2N6O22S. The van der Waals surface area contributed by atoms with Crippen molar-refractivity contribution in [3.63, 3.8) is 0 Å². The van der Waals surface area contributed by atoms with Crippen LogP contribution in [0, 0.1) is 0 Å². The standard InChI is InChI=1S/C22H22Br2N2O4.C22H26N2O4.C14H18O5.C13H17BrO4.C9H9BrO4.C4H5N.C4H8O.CH2Cl2.CH4.BHNS.H2/c1-22(2,3)30-21(27)12-10-15(28-4)20(16(11-12)29-5)19(13-6-8-17(23)25-13)14-7-9-18(24)26-14;1-22(2,3)28-21(25)14-12-17(26-4)20(18(13-14)27-5)19(15-8-6-10-23-15)16-9-7-11-24-16;1-14(2,3)19-13(16)9-6-11(17-4)10(8-15)12(7-9)18-5;1-13(2,3)18-12(15)8-6-9(16-4)11(14)10(7-8)17-5;1-13-6-3-5(9(11)12)4-7(14-2)8(6)10;2*1-2-4-5-3-1;2-1-3;;1-2-3;/h6-11,25H,1-5H3;6-13,19,23-24H,1-5H3;6-8H,1-5H3;6-7H,1-5H3;3-4H,1-2H3,(H,11,12);1-5H;1-4H2;1H2;1H4;3H;1H/b19-14+;;;;;;;;;;/i;;;;;;;;;;1+1D. The molecule has 1 radical (unpaired) electrons. The molecule has 9 aromatic rings. The number of alkyl halides is 2. The molecule has 126 heavy (non-hydrogen) atoms. The minimum absolute atomic E-state index is 0. The Morgan fingerprint density at radius 3 is 1.07 bits per heavy atom. The van der Waals surface area contributed by atoms with E-state index in [9.17, 15) is 28.8 Å². The number of aromatic amines is 4. The molecular weight excluding hydrogens is 1950 g/mol. The first-order valence-corrected chi connectivity index (χ1v) is 42.5. The minimum Gasteiger partial charge on any atom is -0.368 e. The number of carbonyl (C=O) groups is 6. The summed E-state index contributed by atoms with van der Waals surface area (Å²) in [6.07, 6.45) is 14.4. The Bertz CT molecular complexity index is 4870. The zero-order valence-corrected chi connectivity index (χ0v) is 82.5. The quantitative estimate of drug-likeness (QED) is 0.00972. The van der Waals surface area contributed by atoms with Gasteiger partial charge in [0.2, 0.25) is 0 Å². The van der Waals surface area contributed by atoms with Crippen LogP contribution in [-0.4, -0.2) is 185 Å². The number of thiol groups is 1. The summed E-state index contributed by atoms with van der Waals surface area (Å²) < 4.78 is 95.2. The number of aromatic nitrogens is 4. The second kappa shape index (κ2) is 55.6. The van der Waals surface area contributed by atoms with Crippen molar-refractivity contribution in [3.05, 3.63) is 227 Å². The molecule has 5 aromatic carbocycles. The monoisotopic (exact) mass is 2060 g/mol. The molecule has 0 aliphatic carbocycles. The van der Waals surface area contributed by atoms with Gasteiger partial charge in [0.05, 0.1) is 137 Å². The topological polar surface area (TPSA) is 349 Å². The Balaban J connectivity index is 0.000000773. The van der Waals surface area contributed by atoms with Gasteiger partial charge < -0.3 is 96.1 Å². The number of carboxylic acid groups (broad SMARTS) is 1. The predicted octanol–water partition coefficient (Wildman–Crippen LogP) is 22.7. The number of aliphatic imine (C=N–C) groups is 1. The number of H-pyrrole nitrogens is 4. The molecule has 687 valence electrons. The molecule has 1 saturated heterocycles. The smallest absolute Gasteiger partial charge is 0.000496 e. The molecule has 0 atom stereocenters. The molecule has 11 rings (SSSR count). The van der Waals surface area contributed by atoms with Gasteiger partial charge in [0.15, 0.2) is 6.29 Å². The molecule has 2 aliphatic rings. The third-order valence-corrected chi connectivity index (χ3v) is 18.4. The fraction of sp³-hybridized carbons (Fsp3) is 0.367. The fourth-order valence-corrected chi connectivity index (χ4v) is 12.6. The molecule has 2 aliphatic heterocycles. The van der Waals surface area contributed by atoms with Gasteiger partial charge in [0.25, 0.3) is 0 Å². The Morgan fingerprint density at radius 2 is 0.833 bits per heavy atom. The summed E-state index contributed by atoms with van der Waals surface area (Å²) in [4.78, 5) is 88.2. The van der Waals surface area contributed by atoms with Crippen molar-refractivity contribution < 1.29 is 108 Å². The van der Waals surface area contributed by atoms with Gasteiger partial charge in [-0.25, -0.2) is 29.0 Å². The summed E-state index contributed by atoms with van der Waals surface area (Å²) in [5.74, 6) is 1.51. The number of carboxylic acids is 1. The van der Waals surface area contributed by atoms with Crippen molar-refractivity contribution in [1.29, 1.82) is 0 Å². The molecule has 1 fully saturated rings. The van der Waals surface area contributed by atoms with E-state index in [0.717, 1.165) is 51.7 Å². The van der Waals surface area contributed by atoms with Crippen molar-refractivity contribution in [2.24, 2.45) is 9.29 Å². The first-order chi connectivity index (χ1) is 60.0. The van der Waals surface area contributed by atoms with Crippen molar-refractivity contribution in [1.82, 2.24) is 19.9 Å². The van der Waals surface area contributed by atoms with Gasteiger partial charge in [-0.3, -0.25) is 4.79 Å². The number of hydrogen-bond acceptors (Lipinski definition) is 24. The number of benzene rings is 5. The van der Waals surface area contributed by atoms with Crippen LogP contribution in [0.25, 0.3) is 5.57 Å². The third-order valence-electron chi connectivity index (χ3n) is 15.9. The number of methoxy groups -OCH3 is 10. The van der Waals surface area contributed by atoms with Crippen LogP contribution in [0.1, 0.15) is 203 Å². The number of esters is 4. The zero-order chi connectivity index (χ0) is 96.1. The summed E-state index contributed by atoms with van der Waals surface area (Å²) >= 11 is 26.2. The van der Waals surface area contributed by atoms with Gasteiger partial charge in [-0.15, -0.1) is 23.2 Å². The third kappa shape index (κ3) is 37.2. The zero-order valence-electron chi connectivity index (χ0n) is 75.8. The van der Waals surface area contributed by atoms with E-state index in [1.165, 1.54) is 79.8 Å². The van der Waals surface area contributed by atoms with Gasteiger partial charge in [-0.2, -0.15) is 0 Å². The van der Waals surface area contributed by atoms with Crippen LogP contribution in [0.15, 0.2) is 175 Å². The molecule has 36 heteroatoms. The van der Waals surface area contributed by atoms with Crippen LogP contribution in [0.5, 0.6) is 57.5 Å². The molecule has 0 bridgehead atoms. The van der Waals surface area contributed by atoms with E-state index in [2.05, 4.69) is 113 Å². The van der Waals surface area contributed by atoms with Gasteiger partial charge in [-0.1, -0.05) is 7.43 Å². The van der Waals surface area contributed by atoms with Crippen molar-refractivity contribution in [3.8, 4) is 57.5 Å². The van der Waals surface area contributed by atoms with E-state index >= 15 is 0 Å². The van der Waals surface area contributed by atoms with Crippen molar-refractivity contribution >= 4 is 154 Å². The molecule has 0 unspecified atom stereocenters. The minimum atomic E-state index is -1.02. The number of halogens is 6. The van der Waals surface area contributed by atoms with Gasteiger partial charge >= 0.3 is 54.6 Å². The van der Waals surface area contributed by atoms with Crippen molar-refractivity contribution in [2.75, 3.05) is 89.7 Å². The van der Waals surface area contributed by atoms with Crippen LogP contribution >= 0.6 is 99.7 Å². The Labute approximate surface area is 790 Å². The summed E-state index contributed by atoms with van der Waals surface area (Å²) in [7, 11) is 19.4. The summed E-state index contributed by atoms with van der Waals surface area (Å²) in [6.45, 7) is 23.7. The van der Waals surface area contributed by atoms with E-state index in [1.807, 2.05) is 148 Å². The van der Waals surface area contributed by atoms with E-state index in [-0.39, 0.29) is 46.9 Å². The number of nitrogens with zero attached hydrogens (tertiary/aromatic N) is 2. The van der Waals surface area contributed by atoms with Crippen LogP contribution in [0.4, 0.5) is 0 Å². The molecule has 0 spiro atoms. The number of hydrogen-bond donors (Lipinski definition) is 6. The fourth-order valence-electron chi connectivity index (χ4n) is 10.8. The maximum absolute atomic E-state index is 12.7. The maximum atomic E-state index is 12.7. The van der Waals surface area contributed by atoms with Crippen LogP contribution in [-0.2, 0) is 23.7 Å².